The monoisotopic (exact) mass is 586 g/mol. The first-order valence-corrected chi connectivity index (χ1v) is 14.2. The second kappa shape index (κ2) is 11.0. The number of benzene rings is 4. The van der Waals surface area contributed by atoms with Crippen molar-refractivity contribution in [1.82, 2.24) is 25.5 Å². The van der Waals surface area contributed by atoms with Crippen molar-refractivity contribution in [2.24, 2.45) is 5.10 Å². The molecule has 0 bridgehead atoms. The number of carboxylic acid groups (broad SMARTS) is 1. The van der Waals surface area contributed by atoms with E-state index in [2.05, 4.69) is 33.8 Å². The third kappa shape index (κ3) is 4.95. The molecule has 220 valence electrons. The number of aliphatic carboxylic acids is 1. The molecule has 0 saturated heterocycles. The van der Waals surface area contributed by atoms with Crippen molar-refractivity contribution in [3.8, 4) is 33.9 Å². The molecule has 2 aliphatic rings. The Balaban J connectivity index is 1.08. The lowest BCUT2D eigenvalue weighted by Gasteiger charge is -2.26. The number of hydrogen-bond acceptors (Lipinski definition) is 8. The molecule has 1 unspecified atom stereocenters. The van der Waals surface area contributed by atoms with Crippen LogP contribution in [-0.4, -0.2) is 51.6 Å². The maximum atomic E-state index is 12.7. The fourth-order valence-electron chi connectivity index (χ4n) is 5.78. The SMILES string of the molecule is COc1ccc(CN2N=CC(C(=O)O)(c3ccc4c(c3)Cc3cc(-c5cnn(Cc6ccc(OC)cc6)n5)ccc3-4)N2)cc1. The normalized spacial score (nSPS) is 16.5. The fraction of sp³-hybridized carbons (Fsp3) is 0.176. The molecule has 1 aromatic heterocycles. The quantitative estimate of drug-likeness (QED) is 0.247. The van der Waals surface area contributed by atoms with E-state index in [0.29, 0.717) is 25.1 Å². The van der Waals surface area contributed by atoms with E-state index in [9.17, 15) is 9.90 Å². The first-order chi connectivity index (χ1) is 21.4. The van der Waals surface area contributed by atoms with Crippen LogP contribution in [0.5, 0.6) is 11.5 Å². The van der Waals surface area contributed by atoms with Crippen molar-refractivity contribution < 1.29 is 19.4 Å². The number of carboxylic acids is 1. The summed E-state index contributed by atoms with van der Waals surface area (Å²) < 4.78 is 10.5. The summed E-state index contributed by atoms with van der Waals surface area (Å²) in [5, 5.41) is 25.5. The Morgan fingerprint density at radius 2 is 1.50 bits per heavy atom. The number of hydrazine groups is 1. The van der Waals surface area contributed by atoms with Crippen LogP contribution in [0.1, 0.15) is 27.8 Å². The van der Waals surface area contributed by atoms with Gasteiger partial charge in [-0.25, -0.2) is 9.91 Å². The van der Waals surface area contributed by atoms with Crippen molar-refractivity contribution in [3.05, 3.63) is 119 Å². The van der Waals surface area contributed by atoms with E-state index in [4.69, 9.17) is 14.6 Å². The molecule has 0 amide bonds. The molecule has 0 radical (unpaired) electrons. The molecular formula is C34H30N6O4. The number of methoxy groups -OCH3 is 2. The molecule has 44 heavy (non-hydrogen) atoms. The molecule has 0 spiro atoms. The summed E-state index contributed by atoms with van der Waals surface area (Å²) in [4.78, 5) is 14.3. The van der Waals surface area contributed by atoms with E-state index < -0.39 is 11.5 Å². The number of nitrogens with one attached hydrogen (secondary N) is 1. The van der Waals surface area contributed by atoms with Gasteiger partial charge in [0.2, 0.25) is 0 Å². The van der Waals surface area contributed by atoms with Crippen LogP contribution >= 0.6 is 0 Å². The van der Waals surface area contributed by atoms with Gasteiger partial charge in [-0.1, -0.05) is 54.6 Å². The fourth-order valence-corrected chi connectivity index (χ4v) is 5.78. The lowest BCUT2D eigenvalue weighted by atomic mass is 9.89. The summed E-state index contributed by atoms with van der Waals surface area (Å²) in [6.45, 7) is 0.961. The molecule has 1 atom stereocenters. The minimum Gasteiger partial charge on any atom is -0.497 e. The number of fused-ring (bicyclic) bond motifs is 3. The molecule has 10 heteroatoms. The van der Waals surface area contributed by atoms with Gasteiger partial charge in [-0.15, -0.1) is 0 Å². The van der Waals surface area contributed by atoms with E-state index in [1.807, 2.05) is 66.7 Å². The van der Waals surface area contributed by atoms with Crippen LogP contribution in [0, 0.1) is 0 Å². The molecule has 2 heterocycles. The van der Waals surface area contributed by atoms with Gasteiger partial charge in [0.25, 0.3) is 0 Å². The number of carbonyl (C=O) groups is 1. The van der Waals surface area contributed by atoms with Crippen molar-refractivity contribution in [3.63, 3.8) is 0 Å². The molecule has 5 aromatic rings. The lowest BCUT2D eigenvalue weighted by molar-refractivity contribution is -0.143. The van der Waals surface area contributed by atoms with Gasteiger partial charge in [-0.05, 0) is 75.7 Å². The van der Waals surface area contributed by atoms with Crippen LogP contribution in [0.4, 0.5) is 0 Å². The van der Waals surface area contributed by atoms with E-state index in [-0.39, 0.29) is 0 Å². The Labute approximate surface area is 254 Å². The number of nitrogens with zero attached hydrogens (tertiary/aromatic N) is 5. The van der Waals surface area contributed by atoms with Gasteiger partial charge in [0.1, 0.15) is 17.2 Å². The zero-order chi connectivity index (χ0) is 30.3. The molecule has 4 aromatic carbocycles. The summed E-state index contributed by atoms with van der Waals surface area (Å²) in [5.41, 5.74) is 10.6. The van der Waals surface area contributed by atoms with Crippen molar-refractivity contribution >= 4 is 12.2 Å². The van der Waals surface area contributed by atoms with Crippen LogP contribution in [0.15, 0.2) is 96.2 Å². The highest BCUT2D eigenvalue weighted by atomic mass is 16.5. The van der Waals surface area contributed by atoms with Crippen LogP contribution in [0.2, 0.25) is 0 Å². The first kappa shape index (κ1) is 27.4. The Morgan fingerprint density at radius 3 is 2.16 bits per heavy atom. The summed E-state index contributed by atoms with van der Waals surface area (Å²) in [6, 6.07) is 27.6. The predicted octanol–water partition coefficient (Wildman–Crippen LogP) is 4.87. The van der Waals surface area contributed by atoms with E-state index in [1.165, 1.54) is 6.21 Å². The van der Waals surface area contributed by atoms with Crippen molar-refractivity contribution in [2.75, 3.05) is 14.2 Å². The molecular weight excluding hydrogens is 556 g/mol. The zero-order valence-corrected chi connectivity index (χ0v) is 24.3. The Bertz CT molecular complexity index is 1880. The number of rotatable bonds is 9. The van der Waals surface area contributed by atoms with E-state index in [0.717, 1.165) is 56.1 Å². The molecule has 1 aliphatic carbocycles. The summed E-state index contributed by atoms with van der Waals surface area (Å²) >= 11 is 0. The number of ether oxygens (including phenoxy) is 2. The molecule has 7 rings (SSSR count). The average molecular weight is 587 g/mol. The third-order valence-electron chi connectivity index (χ3n) is 8.18. The average Bonchev–Trinajstić information content (AvgIpc) is 3.79. The van der Waals surface area contributed by atoms with Crippen molar-refractivity contribution in [2.45, 2.75) is 25.0 Å². The summed E-state index contributed by atoms with van der Waals surface area (Å²) in [7, 11) is 3.27. The number of hydrogen-bond donors (Lipinski definition) is 2. The Hall–Kier alpha value is -5.48. The number of aromatic nitrogens is 3. The predicted molar refractivity (Wildman–Crippen MR) is 165 cm³/mol. The molecule has 2 N–H and O–H groups in total. The highest BCUT2D eigenvalue weighted by Gasteiger charge is 2.44. The summed E-state index contributed by atoms with van der Waals surface area (Å²) in [6.07, 6.45) is 3.94. The third-order valence-corrected chi connectivity index (χ3v) is 8.18. The lowest BCUT2D eigenvalue weighted by Crippen LogP contribution is -2.51. The maximum absolute atomic E-state index is 12.7. The van der Waals surface area contributed by atoms with Gasteiger partial charge in [0.15, 0.2) is 5.54 Å². The summed E-state index contributed by atoms with van der Waals surface area (Å²) in [5.74, 6) is 0.550. The van der Waals surface area contributed by atoms with E-state index >= 15 is 0 Å². The van der Waals surface area contributed by atoms with Gasteiger partial charge in [-0.2, -0.15) is 25.5 Å². The van der Waals surface area contributed by atoms with Gasteiger partial charge in [0.05, 0.1) is 39.7 Å². The second-order valence-corrected chi connectivity index (χ2v) is 10.9. The zero-order valence-electron chi connectivity index (χ0n) is 24.3. The topological polar surface area (TPSA) is 114 Å². The highest BCUT2D eigenvalue weighted by molar-refractivity contribution is 6.01. The minimum absolute atomic E-state index is 0.402. The van der Waals surface area contributed by atoms with Gasteiger partial charge in [0, 0.05) is 5.56 Å². The molecule has 0 saturated carbocycles. The Kier molecular flexibility index (Phi) is 6.83. The standard InChI is InChI=1S/C34H30N6O4/c1-43-28-9-3-22(4-10-28)19-39-35-18-32(37-39)24-7-13-30-25(15-24)16-26-17-27(8-14-31(26)30)34(33(41)42)21-36-40(38-34)20-23-5-11-29(44-2)12-6-23/h3-15,17-18,21,38H,16,19-20H2,1-2H3,(H,41,42). The first-order valence-electron chi connectivity index (χ1n) is 14.2. The van der Waals surface area contributed by atoms with Gasteiger partial charge < -0.3 is 14.6 Å². The maximum Gasteiger partial charge on any atom is 0.336 e. The van der Waals surface area contributed by atoms with Crippen LogP contribution in [0.25, 0.3) is 22.4 Å². The minimum atomic E-state index is -1.47. The molecule has 10 nitrogen and oxygen atoms in total. The second-order valence-electron chi connectivity index (χ2n) is 10.9. The van der Waals surface area contributed by atoms with Crippen LogP contribution < -0.4 is 14.9 Å². The Morgan fingerprint density at radius 1 is 0.864 bits per heavy atom. The molecule has 0 fully saturated rings. The van der Waals surface area contributed by atoms with Gasteiger partial charge >= 0.3 is 5.97 Å². The number of hydrazone groups is 1. The smallest absolute Gasteiger partial charge is 0.336 e. The van der Waals surface area contributed by atoms with Crippen LogP contribution in [0.3, 0.4) is 0 Å². The molecule has 1 aliphatic heterocycles. The van der Waals surface area contributed by atoms with E-state index in [1.54, 1.807) is 30.3 Å². The van der Waals surface area contributed by atoms with Crippen LogP contribution in [-0.2, 0) is 29.8 Å². The largest absolute Gasteiger partial charge is 0.497 e. The highest BCUT2D eigenvalue weighted by Crippen LogP contribution is 2.40. The van der Waals surface area contributed by atoms with Gasteiger partial charge in [-0.3, -0.25) is 0 Å². The van der Waals surface area contributed by atoms with Crippen molar-refractivity contribution in [1.29, 1.82) is 0 Å².